The van der Waals surface area contributed by atoms with Crippen molar-refractivity contribution in [1.82, 2.24) is 9.80 Å². The first-order valence-corrected chi connectivity index (χ1v) is 8.36. The summed E-state index contributed by atoms with van der Waals surface area (Å²) in [4.78, 5) is 39.4. The molecule has 0 bridgehead atoms. The maximum atomic E-state index is 12.7. The Hall–Kier alpha value is -1.63. The fourth-order valence-corrected chi connectivity index (χ4v) is 3.12. The maximum Gasteiger partial charge on any atom is 0.334 e. The standard InChI is InChI=1S/C16H26N2O5/c1-3-11(2)14(19)17-6-4-5-12(9-17)15(20)18-7-8-23-13(10-18)16(21)22/h11-13H,3-10H2,1-2H3,(H,21,22). The average Bonchev–Trinajstić information content (AvgIpc) is 2.59. The Morgan fingerprint density at radius 1 is 1.22 bits per heavy atom. The fourth-order valence-electron chi connectivity index (χ4n) is 3.12. The summed E-state index contributed by atoms with van der Waals surface area (Å²) in [6.45, 7) is 5.78. The molecule has 2 aliphatic rings. The minimum Gasteiger partial charge on any atom is -0.479 e. The van der Waals surface area contributed by atoms with E-state index in [1.54, 1.807) is 9.80 Å². The molecular weight excluding hydrogens is 300 g/mol. The van der Waals surface area contributed by atoms with E-state index in [2.05, 4.69) is 0 Å². The summed E-state index contributed by atoms with van der Waals surface area (Å²) in [6.07, 6.45) is 1.40. The van der Waals surface area contributed by atoms with Crippen molar-refractivity contribution in [2.24, 2.45) is 11.8 Å². The van der Waals surface area contributed by atoms with E-state index in [9.17, 15) is 14.4 Å². The molecule has 1 N–H and O–H groups in total. The molecule has 130 valence electrons. The largest absolute Gasteiger partial charge is 0.479 e. The molecule has 0 spiro atoms. The van der Waals surface area contributed by atoms with Crippen molar-refractivity contribution in [3.05, 3.63) is 0 Å². The third-order valence-electron chi connectivity index (χ3n) is 4.77. The van der Waals surface area contributed by atoms with Gasteiger partial charge in [-0.05, 0) is 19.3 Å². The molecule has 3 atom stereocenters. The lowest BCUT2D eigenvalue weighted by molar-refractivity contribution is -0.161. The van der Waals surface area contributed by atoms with Gasteiger partial charge in [0.05, 0.1) is 19.1 Å². The molecule has 2 amide bonds. The number of hydrogen-bond donors (Lipinski definition) is 1. The molecule has 23 heavy (non-hydrogen) atoms. The highest BCUT2D eigenvalue weighted by atomic mass is 16.5. The van der Waals surface area contributed by atoms with Crippen LogP contribution >= 0.6 is 0 Å². The van der Waals surface area contributed by atoms with Crippen molar-refractivity contribution < 1.29 is 24.2 Å². The predicted octanol–water partition coefficient (Wildman–Crippen LogP) is 0.583. The van der Waals surface area contributed by atoms with E-state index < -0.39 is 12.1 Å². The van der Waals surface area contributed by atoms with Crippen LogP contribution in [0.2, 0.25) is 0 Å². The van der Waals surface area contributed by atoms with Crippen LogP contribution in [0.15, 0.2) is 0 Å². The number of amides is 2. The molecule has 2 aliphatic heterocycles. The van der Waals surface area contributed by atoms with Gasteiger partial charge in [-0.15, -0.1) is 0 Å². The minimum atomic E-state index is -1.04. The van der Waals surface area contributed by atoms with Crippen molar-refractivity contribution in [3.63, 3.8) is 0 Å². The summed E-state index contributed by atoms with van der Waals surface area (Å²) >= 11 is 0. The summed E-state index contributed by atoms with van der Waals surface area (Å²) in [5.41, 5.74) is 0. The number of piperidine rings is 1. The molecule has 2 heterocycles. The number of hydrogen-bond acceptors (Lipinski definition) is 4. The molecule has 0 aromatic rings. The third-order valence-corrected chi connectivity index (χ3v) is 4.77. The molecule has 3 unspecified atom stereocenters. The first-order valence-electron chi connectivity index (χ1n) is 8.36. The smallest absolute Gasteiger partial charge is 0.334 e. The predicted molar refractivity (Wildman–Crippen MR) is 82.7 cm³/mol. The molecule has 7 nitrogen and oxygen atoms in total. The molecule has 0 saturated carbocycles. The Bertz CT molecular complexity index is 467. The van der Waals surface area contributed by atoms with Gasteiger partial charge in [0, 0.05) is 25.6 Å². The van der Waals surface area contributed by atoms with Crippen LogP contribution in [0.1, 0.15) is 33.1 Å². The van der Waals surface area contributed by atoms with Gasteiger partial charge in [0.25, 0.3) is 0 Å². The minimum absolute atomic E-state index is 0.0244. The number of ether oxygens (including phenoxy) is 1. The first-order chi connectivity index (χ1) is 10.9. The van der Waals surface area contributed by atoms with Gasteiger partial charge in [0.2, 0.25) is 11.8 Å². The van der Waals surface area contributed by atoms with Gasteiger partial charge in [0.15, 0.2) is 6.10 Å². The van der Waals surface area contributed by atoms with Crippen LogP contribution in [-0.2, 0) is 19.1 Å². The van der Waals surface area contributed by atoms with Gasteiger partial charge in [-0.25, -0.2) is 4.79 Å². The van der Waals surface area contributed by atoms with Crippen LogP contribution in [0.5, 0.6) is 0 Å². The van der Waals surface area contributed by atoms with E-state index in [1.165, 1.54) is 0 Å². The van der Waals surface area contributed by atoms with Crippen LogP contribution in [0, 0.1) is 11.8 Å². The number of nitrogens with zero attached hydrogens (tertiary/aromatic N) is 2. The summed E-state index contributed by atoms with van der Waals surface area (Å²) in [6, 6.07) is 0. The van der Waals surface area contributed by atoms with Crippen LogP contribution in [-0.4, -0.2) is 71.6 Å². The normalized spacial score (nSPS) is 26.7. The Morgan fingerprint density at radius 2 is 1.96 bits per heavy atom. The lowest BCUT2D eigenvalue weighted by Gasteiger charge is -2.38. The molecule has 0 radical (unpaired) electrons. The van der Waals surface area contributed by atoms with E-state index in [1.807, 2.05) is 13.8 Å². The molecule has 2 fully saturated rings. The summed E-state index contributed by atoms with van der Waals surface area (Å²) in [7, 11) is 0. The number of morpholine rings is 1. The number of carbonyl (C=O) groups is 3. The fraction of sp³-hybridized carbons (Fsp3) is 0.812. The Morgan fingerprint density at radius 3 is 2.61 bits per heavy atom. The number of aliphatic carboxylic acids is 1. The number of rotatable bonds is 4. The SMILES string of the molecule is CCC(C)C(=O)N1CCCC(C(=O)N2CCOC(C(=O)O)C2)C1. The van der Waals surface area contributed by atoms with E-state index in [-0.39, 0.29) is 36.8 Å². The van der Waals surface area contributed by atoms with Crippen LogP contribution < -0.4 is 0 Å². The number of carbonyl (C=O) groups excluding carboxylic acids is 2. The van der Waals surface area contributed by atoms with E-state index in [0.717, 1.165) is 19.3 Å². The van der Waals surface area contributed by atoms with Crippen molar-refractivity contribution in [1.29, 1.82) is 0 Å². The lowest BCUT2D eigenvalue weighted by atomic mass is 9.94. The molecule has 2 saturated heterocycles. The average molecular weight is 326 g/mol. The Kier molecular flexibility index (Phi) is 5.98. The van der Waals surface area contributed by atoms with Gasteiger partial charge in [-0.3, -0.25) is 9.59 Å². The summed E-state index contributed by atoms with van der Waals surface area (Å²) in [5, 5.41) is 9.04. The van der Waals surface area contributed by atoms with Crippen molar-refractivity contribution in [2.75, 3.05) is 32.8 Å². The van der Waals surface area contributed by atoms with E-state index in [0.29, 0.717) is 19.6 Å². The topological polar surface area (TPSA) is 87.2 Å². The van der Waals surface area contributed by atoms with Crippen LogP contribution in [0.25, 0.3) is 0 Å². The second-order valence-electron chi connectivity index (χ2n) is 6.41. The molecule has 0 aliphatic carbocycles. The number of carboxylic acid groups (broad SMARTS) is 1. The monoisotopic (exact) mass is 326 g/mol. The van der Waals surface area contributed by atoms with Gasteiger partial charge < -0.3 is 19.6 Å². The Balaban J connectivity index is 1.96. The second-order valence-corrected chi connectivity index (χ2v) is 6.41. The van der Waals surface area contributed by atoms with E-state index >= 15 is 0 Å². The van der Waals surface area contributed by atoms with Crippen LogP contribution in [0.3, 0.4) is 0 Å². The van der Waals surface area contributed by atoms with Crippen molar-refractivity contribution >= 4 is 17.8 Å². The molecule has 0 aromatic heterocycles. The van der Waals surface area contributed by atoms with E-state index in [4.69, 9.17) is 9.84 Å². The first kappa shape index (κ1) is 17.7. The Labute approximate surface area is 136 Å². The zero-order valence-electron chi connectivity index (χ0n) is 13.9. The maximum absolute atomic E-state index is 12.7. The highest BCUT2D eigenvalue weighted by Gasteiger charge is 2.35. The van der Waals surface area contributed by atoms with Crippen LogP contribution in [0.4, 0.5) is 0 Å². The second kappa shape index (κ2) is 7.77. The molecule has 7 heteroatoms. The van der Waals surface area contributed by atoms with Crippen molar-refractivity contribution in [2.45, 2.75) is 39.2 Å². The molecular formula is C16H26N2O5. The highest BCUT2D eigenvalue weighted by molar-refractivity contribution is 5.83. The lowest BCUT2D eigenvalue weighted by Crippen LogP contribution is -2.53. The summed E-state index contributed by atoms with van der Waals surface area (Å²) in [5.74, 6) is -1.25. The van der Waals surface area contributed by atoms with Gasteiger partial charge in [-0.1, -0.05) is 13.8 Å². The van der Waals surface area contributed by atoms with Gasteiger partial charge in [-0.2, -0.15) is 0 Å². The zero-order valence-corrected chi connectivity index (χ0v) is 13.9. The molecule has 2 rings (SSSR count). The third kappa shape index (κ3) is 4.22. The van der Waals surface area contributed by atoms with Gasteiger partial charge in [0.1, 0.15) is 0 Å². The molecule has 0 aromatic carbocycles. The highest BCUT2D eigenvalue weighted by Crippen LogP contribution is 2.22. The summed E-state index contributed by atoms with van der Waals surface area (Å²) < 4.78 is 5.15. The number of carboxylic acids is 1. The zero-order chi connectivity index (χ0) is 17.0. The number of likely N-dealkylation sites (tertiary alicyclic amines) is 1. The van der Waals surface area contributed by atoms with Crippen molar-refractivity contribution in [3.8, 4) is 0 Å². The van der Waals surface area contributed by atoms with Gasteiger partial charge >= 0.3 is 5.97 Å². The quantitative estimate of drug-likeness (QED) is 0.817.